The van der Waals surface area contributed by atoms with Crippen molar-refractivity contribution in [1.29, 1.82) is 0 Å². The Morgan fingerprint density at radius 2 is 2.15 bits per heavy atom. The maximum absolute atomic E-state index is 13.0. The number of nitrogens with zero attached hydrogens (tertiary/aromatic N) is 2. The van der Waals surface area contributed by atoms with Crippen LogP contribution in [0.4, 0.5) is 0 Å². The molecule has 0 radical (unpaired) electrons. The van der Waals surface area contributed by atoms with Gasteiger partial charge in [0.15, 0.2) is 5.69 Å². The lowest BCUT2D eigenvalue weighted by Gasteiger charge is -2.30. The monoisotopic (exact) mass is 352 g/mol. The average Bonchev–Trinajstić information content (AvgIpc) is 3.20. The Labute approximate surface area is 155 Å². The van der Waals surface area contributed by atoms with Gasteiger partial charge in [-0.05, 0) is 63.6 Å². The molecule has 138 valence electrons. The second-order valence-electron chi connectivity index (χ2n) is 7.88. The van der Waals surface area contributed by atoms with Crippen LogP contribution in [0, 0.1) is 19.8 Å². The summed E-state index contributed by atoms with van der Waals surface area (Å²) in [5, 5.41) is 11.4. The van der Waals surface area contributed by atoms with Gasteiger partial charge in [-0.15, -0.1) is 0 Å². The van der Waals surface area contributed by atoms with Crippen LogP contribution < -0.4 is 10.6 Å². The van der Waals surface area contributed by atoms with Gasteiger partial charge in [0, 0.05) is 23.8 Å². The number of piperidine rings is 1. The molecule has 1 aromatic carbocycles. The molecular formula is C21H28N4O. The number of amides is 1. The topological polar surface area (TPSA) is 59.0 Å². The number of carbonyl (C=O) groups is 1. The Morgan fingerprint density at radius 1 is 1.31 bits per heavy atom. The number of benzene rings is 1. The Balaban J connectivity index is 1.66. The van der Waals surface area contributed by atoms with E-state index >= 15 is 0 Å². The smallest absolute Gasteiger partial charge is 0.272 e. The summed E-state index contributed by atoms with van der Waals surface area (Å²) in [6.07, 6.45) is 4.13. The van der Waals surface area contributed by atoms with Gasteiger partial charge in [0.05, 0.1) is 5.69 Å². The van der Waals surface area contributed by atoms with E-state index < -0.39 is 0 Å². The van der Waals surface area contributed by atoms with Gasteiger partial charge < -0.3 is 10.6 Å². The van der Waals surface area contributed by atoms with E-state index in [1.807, 2.05) is 4.68 Å². The van der Waals surface area contributed by atoms with E-state index in [0.717, 1.165) is 50.0 Å². The van der Waals surface area contributed by atoms with Crippen molar-refractivity contribution in [2.75, 3.05) is 13.1 Å². The van der Waals surface area contributed by atoms with Crippen LogP contribution in [0.1, 0.15) is 52.6 Å². The summed E-state index contributed by atoms with van der Waals surface area (Å²) in [6.45, 7) is 8.30. The maximum Gasteiger partial charge on any atom is 0.272 e. The number of hydrogen-bond acceptors (Lipinski definition) is 3. The molecule has 0 bridgehead atoms. The zero-order chi connectivity index (χ0) is 18.3. The summed E-state index contributed by atoms with van der Waals surface area (Å²) in [6, 6.07) is 6.58. The van der Waals surface area contributed by atoms with E-state index in [1.165, 1.54) is 16.8 Å². The molecule has 2 heterocycles. The van der Waals surface area contributed by atoms with Crippen LogP contribution in [0.2, 0.25) is 0 Å². The molecule has 5 heteroatoms. The standard InChI is InChI=1S/C21H28N4O/c1-13-7-8-18(15(3)11-13)25-19-6-4-5-16(19)20(24-25)21(26)23-17-12-22-10-9-14(17)2/h7-8,11,14,17,22H,4-6,9-10,12H2,1-3H3,(H,23,26). The normalized spacial score (nSPS) is 22.3. The second kappa shape index (κ2) is 6.88. The minimum atomic E-state index is -0.0211. The maximum atomic E-state index is 13.0. The summed E-state index contributed by atoms with van der Waals surface area (Å²) >= 11 is 0. The fourth-order valence-corrected chi connectivity index (χ4v) is 4.28. The molecular weight excluding hydrogens is 324 g/mol. The highest BCUT2D eigenvalue weighted by molar-refractivity contribution is 5.94. The number of aromatic nitrogens is 2. The summed E-state index contributed by atoms with van der Waals surface area (Å²) in [4.78, 5) is 13.0. The van der Waals surface area contributed by atoms with Crippen molar-refractivity contribution in [3.63, 3.8) is 0 Å². The van der Waals surface area contributed by atoms with Crippen LogP contribution in [0.3, 0.4) is 0 Å². The van der Waals surface area contributed by atoms with Gasteiger partial charge in [-0.1, -0.05) is 24.6 Å². The second-order valence-corrected chi connectivity index (χ2v) is 7.88. The third-order valence-electron chi connectivity index (χ3n) is 5.87. The molecule has 1 aliphatic carbocycles. The summed E-state index contributed by atoms with van der Waals surface area (Å²) in [5.74, 6) is 0.474. The number of fused-ring (bicyclic) bond motifs is 1. The van der Waals surface area contributed by atoms with Crippen LogP contribution in [-0.2, 0) is 12.8 Å². The van der Waals surface area contributed by atoms with Crippen molar-refractivity contribution in [3.8, 4) is 5.69 Å². The van der Waals surface area contributed by atoms with E-state index in [0.29, 0.717) is 11.6 Å². The number of carbonyl (C=O) groups excluding carboxylic acids is 1. The largest absolute Gasteiger partial charge is 0.346 e. The highest BCUT2D eigenvalue weighted by Gasteiger charge is 2.30. The van der Waals surface area contributed by atoms with Crippen molar-refractivity contribution in [3.05, 3.63) is 46.3 Å². The lowest BCUT2D eigenvalue weighted by molar-refractivity contribution is 0.0908. The van der Waals surface area contributed by atoms with Crippen molar-refractivity contribution < 1.29 is 4.79 Å². The quantitative estimate of drug-likeness (QED) is 0.893. The lowest BCUT2D eigenvalue weighted by Crippen LogP contribution is -2.50. The molecule has 2 aromatic rings. The third-order valence-corrected chi connectivity index (χ3v) is 5.87. The summed E-state index contributed by atoms with van der Waals surface area (Å²) in [5.41, 5.74) is 6.48. The lowest BCUT2D eigenvalue weighted by atomic mass is 9.94. The van der Waals surface area contributed by atoms with Crippen molar-refractivity contribution >= 4 is 5.91 Å². The first-order valence-electron chi connectivity index (χ1n) is 9.74. The minimum absolute atomic E-state index is 0.0211. The van der Waals surface area contributed by atoms with Crippen LogP contribution in [-0.4, -0.2) is 34.8 Å². The zero-order valence-corrected chi connectivity index (χ0v) is 15.9. The SMILES string of the molecule is Cc1ccc(-n2nc(C(=O)NC3CNCCC3C)c3c2CCC3)c(C)c1. The van der Waals surface area contributed by atoms with E-state index in [2.05, 4.69) is 49.6 Å². The number of aryl methyl sites for hydroxylation is 2. The first-order chi connectivity index (χ1) is 12.5. The first kappa shape index (κ1) is 17.3. The van der Waals surface area contributed by atoms with E-state index in [1.54, 1.807) is 0 Å². The molecule has 0 spiro atoms. The van der Waals surface area contributed by atoms with Gasteiger partial charge in [0.25, 0.3) is 5.91 Å². The molecule has 26 heavy (non-hydrogen) atoms. The molecule has 2 atom stereocenters. The Kier molecular flexibility index (Phi) is 4.57. The van der Waals surface area contributed by atoms with Crippen LogP contribution in [0.5, 0.6) is 0 Å². The molecule has 4 rings (SSSR count). The Hall–Kier alpha value is -2.14. The Morgan fingerprint density at radius 3 is 2.92 bits per heavy atom. The minimum Gasteiger partial charge on any atom is -0.346 e. The van der Waals surface area contributed by atoms with Crippen molar-refractivity contribution in [2.24, 2.45) is 5.92 Å². The predicted molar refractivity (Wildman–Crippen MR) is 103 cm³/mol. The van der Waals surface area contributed by atoms with Gasteiger partial charge in [-0.2, -0.15) is 5.10 Å². The predicted octanol–water partition coefficient (Wildman–Crippen LogP) is 2.71. The van der Waals surface area contributed by atoms with Crippen molar-refractivity contribution in [1.82, 2.24) is 20.4 Å². The fourth-order valence-electron chi connectivity index (χ4n) is 4.28. The molecule has 1 aliphatic heterocycles. The molecule has 2 N–H and O–H groups in total. The van der Waals surface area contributed by atoms with Gasteiger partial charge >= 0.3 is 0 Å². The highest BCUT2D eigenvalue weighted by Crippen LogP contribution is 2.29. The first-order valence-corrected chi connectivity index (χ1v) is 9.74. The molecule has 2 aliphatic rings. The van der Waals surface area contributed by atoms with E-state index in [4.69, 9.17) is 5.10 Å². The summed E-state index contributed by atoms with van der Waals surface area (Å²) < 4.78 is 2.01. The van der Waals surface area contributed by atoms with E-state index in [9.17, 15) is 4.79 Å². The molecule has 2 unspecified atom stereocenters. The van der Waals surface area contributed by atoms with Gasteiger partial charge in [-0.3, -0.25) is 4.79 Å². The molecule has 5 nitrogen and oxygen atoms in total. The van der Waals surface area contributed by atoms with Crippen LogP contribution in [0.15, 0.2) is 18.2 Å². The van der Waals surface area contributed by atoms with E-state index in [-0.39, 0.29) is 11.9 Å². The number of rotatable bonds is 3. The number of hydrogen-bond donors (Lipinski definition) is 2. The van der Waals surface area contributed by atoms with Gasteiger partial charge in [-0.25, -0.2) is 4.68 Å². The molecule has 0 saturated carbocycles. The fraction of sp³-hybridized carbons (Fsp3) is 0.524. The van der Waals surface area contributed by atoms with Gasteiger partial charge in [0.1, 0.15) is 0 Å². The third kappa shape index (κ3) is 3.05. The van der Waals surface area contributed by atoms with Crippen LogP contribution in [0.25, 0.3) is 5.69 Å². The Bertz CT molecular complexity index is 839. The molecule has 1 aromatic heterocycles. The highest BCUT2D eigenvalue weighted by atomic mass is 16.2. The zero-order valence-electron chi connectivity index (χ0n) is 15.9. The van der Waals surface area contributed by atoms with Gasteiger partial charge in [0.2, 0.25) is 0 Å². The molecule has 1 fully saturated rings. The van der Waals surface area contributed by atoms with Crippen molar-refractivity contribution in [2.45, 2.75) is 52.5 Å². The summed E-state index contributed by atoms with van der Waals surface area (Å²) in [7, 11) is 0. The molecule has 1 saturated heterocycles. The van der Waals surface area contributed by atoms with Crippen LogP contribution >= 0.6 is 0 Å². The number of nitrogens with one attached hydrogen (secondary N) is 2. The average molecular weight is 352 g/mol. The molecule has 1 amide bonds.